The molecule has 14 heavy (non-hydrogen) atoms. The van der Waals surface area contributed by atoms with Crippen LogP contribution in [0.25, 0.3) is 0 Å². The van der Waals surface area contributed by atoms with Gasteiger partial charge in [-0.25, -0.2) is 8.42 Å². The summed E-state index contributed by atoms with van der Waals surface area (Å²) in [5.74, 6) is 0.359. The molecule has 1 saturated heterocycles. The predicted octanol–water partition coefficient (Wildman–Crippen LogP) is 2.31. The van der Waals surface area contributed by atoms with E-state index in [2.05, 4.69) is 0 Å². The highest BCUT2D eigenvalue weighted by Gasteiger charge is 2.31. The molecule has 4 heteroatoms. The zero-order valence-corrected chi connectivity index (χ0v) is 9.35. The van der Waals surface area contributed by atoms with Gasteiger partial charge in [-0.3, -0.25) is 0 Å². The number of sulfone groups is 1. The molecule has 1 aliphatic rings. The number of hydrogen-bond donors (Lipinski definition) is 0. The van der Waals surface area contributed by atoms with Gasteiger partial charge in [-0.2, -0.15) is 0 Å². The van der Waals surface area contributed by atoms with E-state index >= 15 is 0 Å². The number of thioether (sulfide) groups is 1. The second-order valence-electron chi connectivity index (χ2n) is 3.37. The molecule has 0 aromatic heterocycles. The number of hydrogen-bond acceptors (Lipinski definition) is 3. The average Bonchev–Trinajstić information content (AvgIpc) is 2.48. The lowest BCUT2D eigenvalue weighted by atomic mass is 10.4. The molecule has 1 fully saturated rings. The van der Waals surface area contributed by atoms with Crippen LogP contribution in [0, 0.1) is 0 Å². The molecule has 1 heterocycles. The first-order valence-corrected chi connectivity index (χ1v) is 7.21. The average molecular weight is 228 g/mol. The minimum atomic E-state index is -2.82. The van der Waals surface area contributed by atoms with Gasteiger partial charge in [-0.1, -0.05) is 18.2 Å². The summed E-state index contributed by atoms with van der Waals surface area (Å²) in [5, 5.41) is 0. The van der Waals surface area contributed by atoms with Gasteiger partial charge >= 0.3 is 0 Å². The highest BCUT2D eigenvalue weighted by atomic mass is 32.3. The fourth-order valence-corrected chi connectivity index (χ4v) is 5.01. The highest BCUT2D eigenvalue weighted by Crippen LogP contribution is 2.34. The van der Waals surface area contributed by atoms with Gasteiger partial charge in [0.25, 0.3) is 0 Å². The SMILES string of the molecule is O=S1(=O)CCCC1Sc1ccccc1. The van der Waals surface area contributed by atoms with Gasteiger partial charge in [0.2, 0.25) is 0 Å². The first-order valence-electron chi connectivity index (χ1n) is 4.62. The summed E-state index contributed by atoms with van der Waals surface area (Å²) < 4.78 is 22.9. The van der Waals surface area contributed by atoms with E-state index in [0.717, 1.165) is 17.7 Å². The van der Waals surface area contributed by atoms with Gasteiger partial charge in [0, 0.05) is 4.90 Å². The highest BCUT2D eigenvalue weighted by molar-refractivity contribution is 8.13. The van der Waals surface area contributed by atoms with Crippen molar-refractivity contribution in [2.45, 2.75) is 22.3 Å². The smallest absolute Gasteiger partial charge is 0.162 e. The third-order valence-corrected chi connectivity index (χ3v) is 6.39. The van der Waals surface area contributed by atoms with E-state index in [1.165, 1.54) is 11.8 Å². The lowest BCUT2D eigenvalue weighted by Gasteiger charge is -2.07. The molecular weight excluding hydrogens is 216 g/mol. The summed E-state index contributed by atoms with van der Waals surface area (Å²) in [6.07, 6.45) is 1.61. The van der Waals surface area contributed by atoms with Crippen LogP contribution in [-0.2, 0) is 9.84 Å². The monoisotopic (exact) mass is 228 g/mol. The van der Waals surface area contributed by atoms with Gasteiger partial charge in [-0.05, 0) is 25.0 Å². The number of rotatable bonds is 2. The summed E-state index contributed by atoms with van der Waals surface area (Å²) >= 11 is 1.47. The molecule has 1 aliphatic heterocycles. The lowest BCUT2D eigenvalue weighted by molar-refractivity contribution is 0.600. The zero-order chi connectivity index (χ0) is 10.0. The first kappa shape index (κ1) is 10.1. The Morgan fingerprint density at radius 1 is 1.21 bits per heavy atom. The zero-order valence-electron chi connectivity index (χ0n) is 7.72. The normalized spacial score (nSPS) is 25.0. The largest absolute Gasteiger partial charge is 0.228 e. The van der Waals surface area contributed by atoms with Crippen LogP contribution in [-0.4, -0.2) is 18.8 Å². The molecule has 0 N–H and O–H groups in total. The molecule has 1 unspecified atom stereocenters. The molecule has 1 aromatic rings. The second kappa shape index (κ2) is 3.95. The summed E-state index contributed by atoms with van der Waals surface area (Å²) in [7, 11) is -2.82. The molecule has 1 atom stereocenters. The van der Waals surface area contributed by atoms with Crippen molar-refractivity contribution in [1.82, 2.24) is 0 Å². The van der Waals surface area contributed by atoms with Gasteiger partial charge < -0.3 is 0 Å². The minimum Gasteiger partial charge on any atom is -0.228 e. The Balaban J connectivity index is 2.13. The van der Waals surface area contributed by atoms with Gasteiger partial charge in [-0.15, -0.1) is 11.8 Å². The Morgan fingerprint density at radius 2 is 1.93 bits per heavy atom. The molecule has 76 valence electrons. The molecule has 1 aromatic carbocycles. The first-order chi connectivity index (χ1) is 6.68. The van der Waals surface area contributed by atoms with Crippen LogP contribution in [0.3, 0.4) is 0 Å². The van der Waals surface area contributed by atoms with Crippen LogP contribution in [0.1, 0.15) is 12.8 Å². The van der Waals surface area contributed by atoms with Crippen molar-refractivity contribution in [1.29, 1.82) is 0 Å². The van der Waals surface area contributed by atoms with Crippen molar-refractivity contribution in [3.8, 4) is 0 Å². The molecular formula is C10H12O2S2. The number of benzene rings is 1. The molecule has 2 rings (SSSR count). The van der Waals surface area contributed by atoms with Gasteiger partial charge in [0.15, 0.2) is 9.84 Å². The van der Waals surface area contributed by atoms with E-state index in [1.54, 1.807) is 0 Å². The third-order valence-electron chi connectivity index (χ3n) is 2.28. The maximum Gasteiger partial charge on any atom is 0.162 e. The summed E-state index contributed by atoms with van der Waals surface area (Å²) in [4.78, 5) is 1.04. The van der Waals surface area contributed by atoms with Gasteiger partial charge in [0.05, 0.1) is 5.75 Å². The fraction of sp³-hybridized carbons (Fsp3) is 0.400. The van der Waals surface area contributed by atoms with Crippen LogP contribution in [0.5, 0.6) is 0 Å². The van der Waals surface area contributed by atoms with E-state index in [1.807, 2.05) is 30.3 Å². The quantitative estimate of drug-likeness (QED) is 0.779. The van der Waals surface area contributed by atoms with Crippen molar-refractivity contribution >= 4 is 21.6 Å². The Bertz CT molecular complexity index is 397. The maximum absolute atomic E-state index is 11.5. The Hall–Kier alpha value is -0.480. The molecule has 0 aliphatic carbocycles. The molecule has 0 bridgehead atoms. The van der Waals surface area contributed by atoms with Crippen LogP contribution < -0.4 is 0 Å². The predicted molar refractivity (Wildman–Crippen MR) is 59.1 cm³/mol. The Morgan fingerprint density at radius 3 is 2.50 bits per heavy atom. The van der Waals surface area contributed by atoms with Crippen molar-refractivity contribution < 1.29 is 8.42 Å². The summed E-state index contributed by atoms with van der Waals surface area (Å²) in [6, 6.07) is 9.72. The van der Waals surface area contributed by atoms with Crippen molar-refractivity contribution in [3.63, 3.8) is 0 Å². The van der Waals surface area contributed by atoms with E-state index < -0.39 is 9.84 Å². The van der Waals surface area contributed by atoms with E-state index in [-0.39, 0.29) is 4.58 Å². The second-order valence-corrected chi connectivity index (χ2v) is 7.25. The minimum absolute atomic E-state index is 0.218. The standard InChI is InChI=1S/C10H12O2S2/c11-14(12)8-4-7-10(14)13-9-5-2-1-3-6-9/h1-3,5-6,10H,4,7-8H2. The van der Waals surface area contributed by atoms with Crippen LogP contribution >= 0.6 is 11.8 Å². The van der Waals surface area contributed by atoms with Gasteiger partial charge in [0.1, 0.15) is 4.58 Å². The van der Waals surface area contributed by atoms with Crippen molar-refractivity contribution in [2.24, 2.45) is 0 Å². The topological polar surface area (TPSA) is 34.1 Å². The van der Waals surface area contributed by atoms with E-state index in [0.29, 0.717) is 5.75 Å². The maximum atomic E-state index is 11.5. The lowest BCUT2D eigenvalue weighted by Crippen LogP contribution is -2.11. The molecule has 0 radical (unpaired) electrons. The van der Waals surface area contributed by atoms with Crippen LogP contribution in [0.4, 0.5) is 0 Å². The molecule has 0 amide bonds. The molecule has 2 nitrogen and oxygen atoms in total. The van der Waals surface area contributed by atoms with Crippen LogP contribution in [0.2, 0.25) is 0 Å². The molecule has 0 saturated carbocycles. The summed E-state index contributed by atoms with van der Waals surface area (Å²) in [5.41, 5.74) is 0. The van der Waals surface area contributed by atoms with Crippen LogP contribution in [0.15, 0.2) is 35.2 Å². The third kappa shape index (κ3) is 2.12. The van der Waals surface area contributed by atoms with Crippen molar-refractivity contribution in [2.75, 3.05) is 5.75 Å². The van der Waals surface area contributed by atoms with Crippen molar-refractivity contribution in [3.05, 3.63) is 30.3 Å². The van der Waals surface area contributed by atoms with E-state index in [9.17, 15) is 8.42 Å². The Kier molecular flexibility index (Phi) is 2.83. The van der Waals surface area contributed by atoms with E-state index in [4.69, 9.17) is 0 Å². The summed E-state index contributed by atoms with van der Waals surface area (Å²) in [6.45, 7) is 0. The molecule has 0 spiro atoms. The fourth-order valence-electron chi connectivity index (χ4n) is 1.55. The Labute approximate surface area is 88.6 Å².